The van der Waals surface area contributed by atoms with E-state index in [1.807, 2.05) is 0 Å². The van der Waals surface area contributed by atoms with Gasteiger partial charge < -0.3 is 9.73 Å². The van der Waals surface area contributed by atoms with Crippen LogP contribution in [0.5, 0.6) is 0 Å². The first-order chi connectivity index (χ1) is 8.24. The van der Waals surface area contributed by atoms with Gasteiger partial charge in [0.15, 0.2) is 0 Å². The minimum absolute atomic E-state index is 0.0370. The van der Waals surface area contributed by atoms with Crippen LogP contribution in [0.15, 0.2) is 21.6 Å². The highest BCUT2D eigenvalue weighted by atomic mass is 32.2. The smallest absolute Gasteiger partial charge is 0.390 e. The van der Waals surface area contributed by atoms with Gasteiger partial charge in [-0.05, 0) is 19.2 Å². The molecule has 0 saturated carbocycles. The summed E-state index contributed by atoms with van der Waals surface area (Å²) in [5.74, 6) is 0.256. The van der Waals surface area contributed by atoms with E-state index >= 15 is 0 Å². The maximum Gasteiger partial charge on any atom is 0.390 e. The number of nitrogens with one attached hydrogen (secondary N) is 2. The fourth-order valence-corrected chi connectivity index (χ4v) is 1.81. The highest BCUT2D eigenvalue weighted by molar-refractivity contribution is 7.89. The molecule has 0 aliphatic carbocycles. The van der Waals surface area contributed by atoms with Crippen molar-refractivity contribution in [2.24, 2.45) is 0 Å². The number of halogens is 3. The summed E-state index contributed by atoms with van der Waals surface area (Å²) in [7, 11) is -2.42. The molecule has 104 valence electrons. The average Bonchev–Trinajstić information content (AvgIpc) is 2.72. The van der Waals surface area contributed by atoms with Crippen LogP contribution in [0.1, 0.15) is 12.2 Å². The molecule has 0 amide bonds. The molecule has 1 rings (SSSR count). The van der Waals surface area contributed by atoms with Gasteiger partial charge in [0.05, 0.1) is 13.0 Å². The molecule has 1 aromatic rings. The molecule has 0 atom stereocenters. The SMILES string of the molecule is CNS(=O)(=O)c1ccc(CNCCC(F)(F)F)o1. The molecule has 5 nitrogen and oxygen atoms in total. The minimum Gasteiger partial charge on any atom is -0.447 e. The van der Waals surface area contributed by atoms with E-state index in [4.69, 9.17) is 4.42 Å². The fourth-order valence-electron chi connectivity index (χ4n) is 1.14. The second kappa shape index (κ2) is 5.72. The van der Waals surface area contributed by atoms with Gasteiger partial charge in [0, 0.05) is 6.54 Å². The lowest BCUT2D eigenvalue weighted by molar-refractivity contribution is -0.133. The second-order valence-electron chi connectivity index (χ2n) is 3.47. The van der Waals surface area contributed by atoms with E-state index in [1.54, 1.807) is 0 Å². The molecule has 0 unspecified atom stereocenters. The molecule has 0 radical (unpaired) electrons. The third-order valence-electron chi connectivity index (χ3n) is 2.06. The van der Waals surface area contributed by atoms with Gasteiger partial charge in [0.2, 0.25) is 5.09 Å². The molecule has 1 aromatic heterocycles. The Kier molecular flexibility index (Phi) is 4.77. The van der Waals surface area contributed by atoms with E-state index in [1.165, 1.54) is 19.2 Å². The van der Waals surface area contributed by atoms with Crippen molar-refractivity contribution in [3.05, 3.63) is 17.9 Å². The third kappa shape index (κ3) is 4.67. The van der Waals surface area contributed by atoms with Gasteiger partial charge >= 0.3 is 6.18 Å². The number of hydrogen-bond donors (Lipinski definition) is 2. The van der Waals surface area contributed by atoms with Crippen LogP contribution in [-0.2, 0) is 16.6 Å². The predicted octanol–water partition coefficient (Wildman–Crippen LogP) is 1.23. The number of sulfonamides is 1. The van der Waals surface area contributed by atoms with Crippen molar-refractivity contribution in [1.29, 1.82) is 0 Å². The quantitative estimate of drug-likeness (QED) is 0.772. The molecule has 0 aliphatic heterocycles. The molecule has 9 heteroatoms. The standard InChI is InChI=1S/C9H13F3N2O3S/c1-13-18(15,16)8-3-2-7(17-8)6-14-5-4-9(10,11)12/h2-3,13-14H,4-6H2,1H3. The first-order valence-electron chi connectivity index (χ1n) is 5.04. The van der Waals surface area contributed by atoms with Gasteiger partial charge in [-0.25, -0.2) is 13.1 Å². The molecule has 2 N–H and O–H groups in total. The van der Waals surface area contributed by atoms with Gasteiger partial charge in [-0.1, -0.05) is 0 Å². The first-order valence-corrected chi connectivity index (χ1v) is 6.52. The average molecular weight is 286 g/mol. The van der Waals surface area contributed by atoms with Gasteiger partial charge in [-0.3, -0.25) is 0 Å². The van der Waals surface area contributed by atoms with E-state index in [2.05, 4.69) is 10.0 Å². The highest BCUT2D eigenvalue weighted by Crippen LogP contribution is 2.18. The Morgan fingerprint density at radius 2 is 2.00 bits per heavy atom. The van der Waals surface area contributed by atoms with Gasteiger partial charge in [0.25, 0.3) is 10.0 Å². The maximum absolute atomic E-state index is 11.8. The van der Waals surface area contributed by atoms with Crippen LogP contribution in [0, 0.1) is 0 Å². The minimum atomic E-state index is -4.21. The van der Waals surface area contributed by atoms with Crippen molar-refractivity contribution in [3.63, 3.8) is 0 Å². The molecule has 0 bridgehead atoms. The summed E-state index contributed by atoms with van der Waals surface area (Å²) < 4.78 is 65.2. The summed E-state index contributed by atoms with van der Waals surface area (Å²) in [4.78, 5) is 0. The molecular weight excluding hydrogens is 273 g/mol. The van der Waals surface area contributed by atoms with Crippen molar-refractivity contribution in [2.75, 3.05) is 13.6 Å². The molecule has 0 aromatic carbocycles. The zero-order valence-corrected chi connectivity index (χ0v) is 10.4. The van der Waals surface area contributed by atoms with Crippen LogP contribution in [0.4, 0.5) is 13.2 Å². The van der Waals surface area contributed by atoms with Crippen LogP contribution < -0.4 is 10.0 Å². The summed E-state index contributed by atoms with van der Waals surface area (Å²) in [6, 6.07) is 2.64. The number of hydrogen-bond acceptors (Lipinski definition) is 4. The Morgan fingerprint density at radius 1 is 1.33 bits per heavy atom. The van der Waals surface area contributed by atoms with Gasteiger partial charge in [0.1, 0.15) is 5.76 Å². The normalized spacial score (nSPS) is 12.9. The summed E-state index contributed by atoms with van der Waals surface area (Å²) in [6.45, 7) is -0.215. The summed E-state index contributed by atoms with van der Waals surface area (Å²) >= 11 is 0. The van der Waals surface area contributed by atoms with Gasteiger partial charge in [-0.15, -0.1) is 0 Å². The lowest BCUT2D eigenvalue weighted by Crippen LogP contribution is -2.21. The van der Waals surface area contributed by atoms with E-state index in [0.717, 1.165) is 0 Å². The zero-order chi connectivity index (χ0) is 13.8. The molecule has 18 heavy (non-hydrogen) atoms. The molecular formula is C9H13F3N2O3S. The number of furan rings is 1. The lowest BCUT2D eigenvalue weighted by Gasteiger charge is -2.06. The Morgan fingerprint density at radius 3 is 2.56 bits per heavy atom. The van der Waals surface area contributed by atoms with Crippen LogP contribution in [0.2, 0.25) is 0 Å². The van der Waals surface area contributed by atoms with Crippen LogP contribution >= 0.6 is 0 Å². The number of alkyl halides is 3. The third-order valence-corrected chi connectivity index (χ3v) is 3.34. The zero-order valence-electron chi connectivity index (χ0n) is 9.54. The Labute approximate surface area is 102 Å². The Hall–Kier alpha value is -1.06. The Balaban J connectivity index is 2.46. The van der Waals surface area contributed by atoms with Crippen molar-refractivity contribution in [3.8, 4) is 0 Å². The van der Waals surface area contributed by atoms with Crippen LogP contribution in [0.25, 0.3) is 0 Å². The highest BCUT2D eigenvalue weighted by Gasteiger charge is 2.26. The number of rotatable bonds is 6. The summed E-state index contributed by atoms with van der Waals surface area (Å²) in [5, 5.41) is 2.25. The van der Waals surface area contributed by atoms with E-state index < -0.39 is 22.6 Å². The maximum atomic E-state index is 11.8. The van der Waals surface area contributed by atoms with Gasteiger partial charge in [-0.2, -0.15) is 13.2 Å². The summed E-state index contributed by atoms with van der Waals surface area (Å²) in [5.41, 5.74) is 0. The van der Waals surface area contributed by atoms with Crippen LogP contribution in [0.3, 0.4) is 0 Å². The molecule has 0 saturated heterocycles. The predicted molar refractivity (Wildman–Crippen MR) is 57.3 cm³/mol. The molecule has 0 fully saturated rings. The molecule has 0 aliphatic rings. The first kappa shape index (κ1) is 15.0. The topological polar surface area (TPSA) is 71.3 Å². The van der Waals surface area contributed by atoms with Crippen molar-refractivity contribution in [2.45, 2.75) is 24.2 Å². The van der Waals surface area contributed by atoms with E-state index in [0.29, 0.717) is 0 Å². The molecule has 0 spiro atoms. The monoisotopic (exact) mass is 286 g/mol. The Bertz CT molecular complexity index is 481. The van der Waals surface area contributed by atoms with Crippen molar-refractivity contribution in [1.82, 2.24) is 10.0 Å². The lowest BCUT2D eigenvalue weighted by atomic mass is 10.4. The van der Waals surface area contributed by atoms with E-state index in [9.17, 15) is 21.6 Å². The van der Waals surface area contributed by atoms with Crippen molar-refractivity contribution < 1.29 is 26.0 Å². The largest absolute Gasteiger partial charge is 0.447 e. The van der Waals surface area contributed by atoms with E-state index in [-0.39, 0.29) is 23.9 Å². The van der Waals surface area contributed by atoms with Crippen LogP contribution in [-0.4, -0.2) is 28.2 Å². The van der Waals surface area contributed by atoms with Crippen molar-refractivity contribution >= 4 is 10.0 Å². The second-order valence-corrected chi connectivity index (χ2v) is 5.29. The molecule has 1 heterocycles. The fraction of sp³-hybridized carbons (Fsp3) is 0.556. The summed E-state index contributed by atoms with van der Waals surface area (Å²) in [6.07, 6.45) is -5.16.